The highest BCUT2D eigenvalue weighted by atomic mass is 19.1. The molecule has 0 aromatic heterocycles. The van der Waals surface area contributed by atoms with Gasteiger partial charge in [-0.1, -0.05) is 437 Å². The van der Waals surface area contributed by atoms with Crippen molar-refractivity contribution in [3.05, 3.63) is 497 Å². The van der Waals surface area contributed by atoms with E-state index in [0.29, 0.717) is 10.9 Å². The van der Waals surface area contributed by atoms with Crippen molar-refractivity contribution < 1.29 is 4.39 Å². The smallest absolute Gasteiger partial charge is 0.139 e. The molecule has 0 atom stereocenters. The molecule has 25 rings (SSSR count). The van der Waals surface area contributed by atoms with E-state index in [1.54, 1.807) is 0 Å². The lowest BCUT2D eigenvalue weighted by atomic mass is 9.84. The molecule has 25 aromatic rings. The number of hydrogen-bond acceptors (Lipinski definition) is 0. The minimum absolute atomic E-state index is 0.190. The van der Waals surface area contributed by atoms with E-state index in [-0.39, 0.29) is 5.82 Å². The van der Waals surface area contributed by atoms with Crippen molar-refractivity contribution in [1.29, 1.82) is 0 Å². The average Bonchev–Trinajstić information content (AvgIpc) is 0.729. The number of rotatable bonds is 10. The van der Waals surface area contributed by atoms with E-state index in [1.807, 2.05) is 36.4 Å². The third-order valence-electron chi connectivity index (χ3n) is 25.9. The summed E-state index contributed by atoms with van der Waals surface area (Å²) in [7, 11) is 0. The summed E-state index contributed by atoms with van der Waals surface area (Å²) in [6.07, 6.45) is 0. The van der Waals surface area contributed by atoms with Gasteiger partial charge in [0.25, 0.3) is 0 Å². The molecule has 0 N–H and O–H groups in total. The second kappa shape index (κ2) is 32.4. The Morgan fingerprint density at radius 3 is 0.654 bits per heavy atom. The molecule has 0 aliphatic carbocycles. The molecule has 0 aliphatic heterocycles. The van der Waals surface area contributed by atoms with Gasteiger partial charge < -0.3 is 0 Å². The molecule has 0 saturated carbocycles. The number of hydrogen-bond donors (Lipinski definition) is 0. The van der Waals surface area contributed by atoms with E-state index in [9.17, 15) is 0 Å². The summed E-state index contributed by atoms with van der Waals surface area (Å²) < 4.78 is 17.1. The molecular formula is C126H81F. The standard InChI is InChI=1S/C46H30.C40H25F.C40H26/c1-2-11-31(12-3-1)36-17-10-18-37(27-36)38-25-26-43-44(30-38)46(40-24-22-33-14-5-7-16-35(33)29-40)42-20-9-8-19-41(42)45(43)39-23-21-32-13-4-6-15-34(32)28-39;41-40-33(28-12-2-1-3-13-28)22-23-36-37(31-20-18-26-10-4-6-14-29(26)24-31)34-16-8-9-17-35(34)38(39(36)40)32-21-19-27-11-5-7-15-30(27)25-32;1-2-10-27(11-3-1)32-22-23-37-38(26-32)40(34-21-19-29-13-5-7-15-31(29)25-34)36-17-9-8-16-35(36)39(37)33-20-18-28-12-4-6-14-30(28)24-33/h1-30H;1-25H;1-26H. The third-order valence-corrected chi connectivity index (χ3v) is 25.9. The Morgan fingerprint density at radius 2 is 0.323 bits per heavy atom. The summed E-state index contributed by atoms with van der Waals surface area (Å²) in [5.74, 6) is -0.190. The second-order valence-corrected chi connectivity index (χ2v) is 33.3. The van der Waals surface area contributed by atoms with Crippen LogP contribution in [0.4, 0.5) is 4.39 Å². The molecule has 0 nitrogen and oxygen atoms in total. The van der Waals surface area contributed by atoms with E-state index in [1.165, 1.54) is 180 Å². The van der Waals surface area contributed by atoms with Crippen LogP contribution in [-0.4, -0.2) is 0 Å². The van der Waals surface area contributed by atoms with Crippen LogP contribution >= 0.6 is 0 Å². The summed E-state index contributed by atoms with van der Waals surface area (Å²) in [6.45, 7) is 0. The minimum atomic E-state index is -0.190. The zero-order valence-electron chi connectivity index (χ0n) is 69.6. The second-order valence-electron chi connectivity index (χ2n) is 33.3. The first-order valence-corrected chi connectivity index (χ1v) is 43.8. The monoisotopic (exact) mass is 1610 g/mol. The quantitative estimate of drug-likeness (QED) is 0.120. The van der Waals surface area contributed by atoms with Gasteiger partial charge in [-0.3, -0.25) is 0 Å². The number of halogens is 1. The number of fused-ring (bicyclic) bond motifs is 12. The van der Waals surface area contributed by atoms with Crippen molar-refractivity contribution in [2.75, 3.05) is 0 Å². The SMILES string of the molecule is Fc1c(-c2ccccc2)ccc2c(-c3ccc4ccccc4c3)c3ccccc3c(-c3ccc4ccccc4c3)c12.c1ccc(-c2ccc3c(-c4ccc5ccccc5c4)c4ccccc4c(-c4ccc5ccccc5c4)c3c2)cc1.c1ccc(-c2cccc(-c3ccc4c(-c5ccc6ccccc6c5)c5ccccc5c(-c5ccc6ccccc6c5)c4c3)c2)cc1. The lowest BCUT2D eigenvalue weighted by Gasteiger charge is -2.20. The molecule has 0 bridgehead atoms. The van der Waals surface area contributed by atoms with E-state index < -0.39 is 0 Å². The lowest BCUT2D eigenvalue weighted by molar-refractivity contribution is 0.643. The Kier molecular flexibility index (Phi) is 19.3. The first-order valence-electron chi connectivity index (χ1n) is 43.8. The zero-order chi connectivity index (χ0) is 84.3. The van der Waals surface area contributed by atoms with Gasteiger partial charge in [-0.15, -0.1) is 0 Å². The molecule has 0 heterocycles. The predicted octanol–water partition coefficient (Wildman–Crippen LogP) is 35.7. The summed E-state index contributed by atoms with van der Waals surface area (Å²) >= 11 is 0. The molecule has 0 fully saturated rings. The maximum Gasteiger partial charge on any atom is 0.139 e. The van der Waals surface area contributed by atoms with Gasteiger partial charge in [-0.05, 0) is 279 Å². The van der Waals surface area contributed by atoms with E-state index in [0.717, 1.165) is 49.4 Å². The van der Waals surface area contributed by atoms with Gasteiger partial charge in [0.2, 0.25) is 0 Å². The number of benzene rings is 25. The largest absolute Gasteiger partial charge is 0.206 e. The summed E-state index contributed by atoms with van der Waals surface area (Å²) in [5.41, 5.74) is 23.0. The van der Waals surface area contributed by atoms with Crippen molar-refractivity contribution in [2.24, 2.45) is 0 Å². The van der Waals surface area contributed by atoms with Crippen molar-refractivity contribution in [2.45, 2.75) is 0 Å². The Morgan fingerprint density at radius 1 is 0.110 bits per heavy atom. The minimum Gasteiger partial charge on any atom is -0.206 e. The van der Waals surface area contributed by atoms with Crippen LogP contribution < -0.4 is 0 Å². The highest BCUT2D eigenvalue weighted by Crippen LogP contribution is 2.51. The topological polar surface area (TPSA) is 0 Å². The van der Waals surface area contributed by atoms with Gasteiger partial charge in [0, 0.05) is 16.5 Å². The molecule has 0 saturated heterocycles. The van der Waals surface area contributed by atoms with Crippen molar-refractivity contribution >= 4 is 129 Å². The average molecular weight is 1610 g/mol. The Labute approximate surface area is 736 Å². The maximum atomic E-state index is 17.1. The molecule has 592 valence electrons. The fourth-order valence-corrected chi connectivity index (χ4v) is 19.8. The summed E-state index contributed by atoms with van der Waals surface area (Å²) in [4.78, 5) is 0. The van der Waals surface area contributed by atoms with E-state index in [2.05, 4.69) is 455 Å². The fourth-order valence-electron chi connectivity index (χ4n) is 19.8. The van der Waals surface area contributed by atoms with Gasteiger partial charge >= 0.3 is 0 Å². The fraction of sp³-hybridized carbons (Fsp3) is 0. The highest BCUT2D eigenvalue weighted by Gasteiger charge is 2.25. The predicted molar refractivity (Wildman–Crippen MR) is 544 cm³/mol. The van der Waals surface area contributed by atoms with Crippen LogP contribution in [0.3, 0.4) is 0 Å². The lowest BCUT2D eigenvalue weighted by Crippen LogP contribution is -1.95. The van der Waals surface area contributed by atoms with Gasteiger partial charge in [0.1, 0.15) is 5.82 Å². The van der Waals surface area contributed by atoms with Gasteiger partial charge in [0.15, 0.2) is 0 Å². The van der Waals surface area contributed by atoms with Crippen molar-refractivity contribution in [3.8, 4) is 111 Å². The van der Waals surface area contributed by atoms with Crippen molar-refractivity contribution in [1.82, 2.24) is 0 Å². The normalized spacial score (nSPS) is 11.5. The van der Waals surface area contributed by atoms with Gasteiger partial charge in [0.05, 0.1) is 0 Å². The molecule has 0 spiro atoms. The van der Waals surface area contributed by atoms with Crippen LogP contribution in [0.15, 0.2) is 491 Å². The molecule has 1 heteroatoms. The molecule has 25 aromatic carbocycles. The third kappa shape index (κ3) is 13.9. The van der Waals surface area contributed by atoms with Crippen LogP contribution in [0.5, 0.6) is 0 Å². The zero-order valence-corrected chi connectivity index (χ0v) is 69.6. The summed E-state index contributed by atoms with van der Waals surface area (Å²) in [5, 5.41) is 28.6. The summed E-state index contributed by atoms with van der Waals surface area (Å²) in [6, 6.07) is 176. The first-order chi connectivity index (χ1) is 62.9. The molecular weight excluding hydrogens is 1530 g/mol. The molecule has 0 unspecified atom stereocenters. The Hall–Kier alpha value is -16.5. The highest BCUT2D eigenvalue weighted by molar-refractivity contribution is 6.26. The Balaban J connectivity index is 0.000000110. The van der Waals surface area contributed by atoms with E-state index in [4.69, 9.17) is 0 Å². The van der Waals surface area contributed by atoms with Gasteiger partial charge in [-0.25, -0.2) is 4.39 Å². The first kappa shape index (κ1) is 75.5. The molecule has 0 radical (unpaired) electrons. The van der Waals surface area contributed by atoms with Crippen molar-refractivity contribution in [3.63, 3.8) is 0 Å². The Bertz CT molecular complexity index is 8640. The van der Waals surface area contributed by atoms with Crippen LogP contribution in [0.2, 0.25) is 0 Å². The molecule has 0 amide bonds. The van der Waals surface area contributed by atoms with Crippen LogP contribution in [-0.2, 0) is 0 Å². The van der Waals surface area contributed by atoms with Gasteiger partial charge in [-0.2, -0.15) is 0 Å². The van der Waals surface area contributed by atoms with E-state index >= 15 is 4.39 Å². The van der Waals surface area contributed by atoms with Crippen LogP contribution in [0.1, 0.15) is 0 Å². The molecule has 0 aliphatic rings. The van der Waals surface area contributed by atoms with Crippen LogP contribution in [0.25, 0.3) is 241 Å². The molecule has 127 heavy (non-hydrogen) atoms. The maximum absolute atomic E-state index is 17.1. The van der Waals surface area contributed by atoms with Crippen LogP contribution in [0, 0.1) is 5.82 Å².